The highest BCUT2D eigenvalue weighted by molar-refractivity contribution is 14.0. The molecule has 1 saturated heterocycles. The van der Waals surface area contributed by atoms with Gasteiger partial charge >= 0.3 is 0 Å². The first kappa shape index (κ1) is 25.1. The molecule has 1 amide bonds. The van der Waals surface area contributed by atoms with Crippen LogP contribution >= 0.6 is 35.3 Å². The predicted octanol–water partition coefficient (Wildman–Crippen LogP) is 2.38. The van der Waals surface area contributed by atoms with E-state index in [4.69, 9.17) is 0 Å². The number of carbonyl (C=O) groups is 1. The van der Waals surface area contributed by atoms with Crippen molar-refractivity contribution in [1.29, 1.82) is 0 Å². The first-order valence-corrected chi connectivity index (χ1v) is 10.6. The van der Waals surface area contributed by atoms with Gasteiger partial charge in [-0.15, -0.1) is 35.3 Å². The summed E-state index contributed by atoms with van der Waals surface area (Å²) in [5, 5.41) is 7.79. The number of aliphatic imine (C=N–C) groups is 1. The van der Waals surface area contributed by atoms with E-state index in [1.807, 2.05) is 27.9 Å². The quantitative estimate of drug-likeness (QED) is 0.238. The predicted molar refractivity (Wildman–Crippen MR) is 128 cm³/mol. The number of amides is 1. The molecule has 7 nitrogen and oxygen atoms in total. The molecule has 1 aromatic heterocycles. The van der Waals surface area contributed by atoms with Crippen molar-refractivity contribution in [3.8, 4) is 0 Å². The third kappa shape index (κ3) is 7.47. The lowest BCUT2D eigenvalue weighted by molar-refractivity contribution is -0.133. The van der Waals surface area contributed by atoms with Crippen LogP contribution in [0.2, 0.25) is 0 Å². The molecule has 1 unspecified atom stereocenters. The fraction of sp³-hybridized carbons (Fsp3) is 0.737. The topological polar surface area (TPSA) is 72.9 Å². The van der Waals surface area contributed by atoms with Crippen molar-refractivity contribution >= 4 is 47.2 Å². The van der Waals surface area contributed by atoms with Gasteiger partial charge in [0.05, 0.1) is 23.3 Å². The van der Waals surface area contributed by atoms with Crippen LogP contribution in [0.15, 0.2) is 4.99 Å². The Bertz CT molecular complexity index is 648. The average molecular weight is 523 g/mol. The second kappa shape index (κ2) is 12.6. The summed E-state index contributed by atoms with van der Waals surface area (Å²) in [6.07, 6.45) is 3.07. The smallest absolute Gasteiger partial charge is 0.239 e. The van der Waals surface area contributed by atoms with Gasteiger partial charge < -0.3 is 15.5 Å². The van der Waals surface area contributed by atoms with Gasteiger partial charge in [0.1, 0.15) is 0 Å². The van der Waals surface area contributed by atoms with Gasteiger partial charge in [-0.3, -0.25) is 9.69 Å². The van der Waals surface area contributed by atoms with Crippen LogP contribution in [0.25, 0.3) is 0 Å². The Morgan fingerprint density at radius 2 is 2.11 bits per heavy atom. The van der Waals surface area contributed by atoms with Crippen LogP contribution in [0, 0.1) is 13.8 Å². The number of aromatic nitrogens is 1. The summed E-state index contributed by atoms with van der Waals surface area (Å²) < 4.78 is 0. The van der Waals surface area contributed by atoms with Gasteiger partial charge in [0.2, 0.25) is 5.91 Å². The van der Waals surface area contributed by atoms with E-state index in [-0.39, 0.29) is 35.9 Å². The highest BCUT2D eigenvalue weighted by Crippen LogP contribution is 2.19. The van der Waals surface area contributed by atoms with Crippen LogP contribution < -0.4 is 10.6 Å². The highest BCUT2D eigenvalue weighted by atomic mass is 127. The van der Waals surface area contributed by atoms with E-state index < -0.39 is 0 Å². The third-order valence-corrected chi connectivity index (χ3v) is 5.79. The molecule has 9 heteroatoms. The van der Waals surface area contributed by atoms with Crippen molar-refractivity contribution in [2.45, 2.75) is 52.6 Å². The number of aryl methyl sites for hydroxylation is 2. The maximum Gasteiger partial charge on any atom is 0.239 e. The van der Waals surface area contributed by atoms with E-state index in [0.717, 1.165) is 62.1 Å². The Kier molecular flexibility index (Phi) is 11.3. The summed E-state index contributed by atoms with van der Waals surface area (Å²) in [4.78, 5) is 26.7. The molecular formula is C19H35IN6OS. The molecule has 0 aliphatic carbocycles. The van der Waals surface area contributed by atoms with Crippen molar-refractivity contribution in [3.05, 3.63) is 15.6 Å². The van der Waals surface area contributed by atoms with Crippen LogP contribution in [-0.4, -0.2) is 73.0 Å². The summed E-state index contributed by atoms with van der Waals surface area (Å²) in [6.45, 7) is 10.4. The van der Waals surface area contributed by atoms with Gasteiger partial charge in [-0.2, -0.15) is 0 Å². The fourth-order valence-electron chi connectivity index (χ4n) is 3.37. The standard InChI is InChI=1S/C19H34N6OS.HI/c1-6-20-19(22-13-17-14(2)23-15(3)27-17)21-10-8-12-25-11-7-9-16(25)18(26)24(4)5;/h16H,6-13H2,1-5H3,(H2,20,21,22);1H. The van der Waals surface area contributed by atoms with Crippen molar-refractivity contribution in [3.63, 3.8) is 0 Å². The number of hydrogen-bond donors (Lipinski definition) is 2. The molecule has 1 aromatic rings. The van der Waals surface area contributed by atoms with Gasteiger partial charge in [-0.25, -0.2) is 9.98 Å². The molecule has 1 fully saturated rings. The van der Waals surface area contributed by atoms with Crippen molar-refractivity contribution < 1.29 is 4.79 Å². The summed E-state index contributed by atoms with van der Waals surface area (Å²) in [6, 6.07) is 0.0550. The van der Waals surface area contributed by atoms with Gasteiger partial charge in [0.25, 0.3) is 0 Å². The van der Waals surface area contributed by atoms with Gasteiger partial charge in [0, 0.05) is 38.6 Å². The molecule has 0 spiro atoms. The number of likely N-dealkylation sites (tertiary alicyclic amines) is 1. The third-order valence-electron chi connectivity index (χ3n) is 4.73. The van der Waals surface area contributed by atoms with Crippen LogP contribution in [-0.2, 0) is 11.3 Å². The van der Waals surface area contributed by atoms with Gasteiger partial charge in [-0.05, 0) is 46.6 Å². The lowest BCUT2D eigenvalue weighted by atomic mass is 10.2. The number of hydrogen-bond acceptors (Lipinski definition) is 5. The molecule has 0 aromatic carbocycles. The first-order chi connectivity index (χ1) is 12.9. The maximum atomic E-state index is 12.3. The van der Waals surface area contributed by atoms with Crippen molar-refractivity contribution in [2.24, 2.45) is 4.99 Å². The van der Waals surface area contributed by atoms with Gasteiger partial charge in [-0.1, -0.05) is 0 Å². The molecule has 2 rings (SSSR count). The number of rotatable bonds is 8. The second-order valence-electron chi connectivity index (χ2n) is 7.14. The first-order valence-electron chi connectivity index (χ1n) is 9.82. The number of likely N-dealkylation sites (N-methyl/N-ethyl adjacent to an activating group) is 1. The number of nitrogens with zero attached hydrogens (tertiary/aromatic N) is 4. The van der Waals surface area contributed by atoms with E-state index in [1.165, 1.54) is 4.88 Å². The Morgan fingerprint density at radius 1 is 1.36 bits per heavy atom. The molecule has 1 aliphatic rings. The Hall–Kier alpha value is -0.940. The minimum atomic E-state index is 0. The molecule has 28 heavy (non-hydrogen) atoms. The van der Waals surface area contributed by atoms with Crippen LogP contribution in [0.4, 0.5) is 0 Å². The Labute approximate surface area is 190 Å². The van der Waals surface area contributed by atoms with Crippen molar-refractivity contribution in [2.75, 3.05) is 40.3 Å². The zero-order valence-electron chi connectivity index (χ0n) is 17.7. The minimum absolute atomic E-state index is 0. The van der Waals surface area contributed by atoms with Gasteiger partial charge in [0.15, 0.2) is 5.96 Å². The number of nitrogens with one attached hydrogen (secondary N) is 2. The lowest BCUT2D eigenvalue weighted by Gasteiger charge is -2.26. The monoisotopic (exact) mass is 522 g/mol. The molecule has 0 bridgehead atoms. The number of halogens is 1. The molecule has 2 N–H and O–H groups in total. The maximum absolute atomic E-state index is 12.3. The number of thiazole rings is 1. The second-order valence-corrected chi connectivity index (χ2v) is 8.43. The van der Waals surface area contributed by atoms with Crippen LogP contribution in [0.1, 0.15) is 41.8 Å². The lowest BCUT2D eigenvalue weighted by Crippen LogP contribution is -2.44. The van der Waals surface area contributed by atoms with E-state index in [0.29, 0.717) is 6.54 Å². The molecule has 160 valence electrons. The molecule has 1 atom stereocenters. The van der Waals surface area contributed by atoms with Crippen LogP contribution in [0.3, 0.4) is 0 Å². The highest BCUT2D eigenvalue weighted by Gasteiger charge is 2.30. The van der Waals surface area contributed by atoms with E-state index in [2.05, 4.69) is 32.4 Å². The Morgan fingerprint density at radius 3 is 2.71 bits per heavy atom. The van der Waals surface area contributed by atoms with E-state index in [1.54, 1.807) is 16.2 Å². The zero-order valence-corrected chi connectivity index (χ0v) is 20.9. The average Bonchev–Trinajstić information content (AvgIpc) is 3.21. The summed E-state index contributed by atoms with van der Waals surface area (Å²) in [5.74, 6) is 1.07. The molecular weight excluding hydrogens is 487 g/mol. The normalized spacial score (nSPS) is 17.3. The number of guanidine groups is 1. The van der Waals surface area contributed by atoms with E-state index >= 15 is 0 Å². The summed E-state index contributed by atoms with van der Waals surface area (Å²) in [5.41, 5.74) is 1.07. The molecule has 2 heterocycles. The molecule has 0 radical (unpaired) electrons. The SMILES string of the molecule is CCNC(=NCc1sc(C)nc1C)NCCCN1CCCC1C(=O)N(C)C.I. The van der Waals surface area contributed by atoms with E-state index in [9.17, 15) is 4.79 Å². The number of carbonyl (C=O) groups excluding carboxylic acids is 1. The fourth-order valence-corrected chi connectivity index (χ4v) is 4.23. The largest absolute Gasteiger partial charge is 0.357 e. The zero-order chi connectivity index (χ0) is 19.8. The summed E-state index contributed by atoms with van der Waals surface area (Å²) in [7, 11) is 3.68. The summed E-state index contributed by atoms with van der Waals surface area (Å²) >= 11 is 1.71. The van der Waals surface area contributed by atoms with Crippen LogP contribution in [0.5, 0.6) is 0 Å². The Balaban J connectivity index is 0.00000392. The molecule has 0 saturated carbocycles. The molecule has 1 aliphatic heterocycles. The minimum Gasteiger partial charge on any atom is -0.357 e. The van der Waals surface area contributed by atoms with Crippen molar-refractivity contribution in [1.82, 2.24) is 25.4 Å².